The molecule has 24 heavy (non-hydrogen) atoms. The van der Waals surface area contributed by atoms with Crippen molar-refractivity contribution in [1.29, 1.82) is 0 Å². The van der Waals surface area contributed by atoms with Crippen molar-refractivity contribution in [1.82, 2.24) is 19.9 Å². The van der Waals surface area contributed by atoms with Crippen LogP contribution < -0.4 is 9.47 Å². The molecule has 1 aromatic carbocycles. The Balaban J connectivity index is 2.02. The highest BCUT2D eigenvalue weighted by molar-refractivity contribution is 7.71. The quantitative estimate of drug-likeness (QED) is 0.570. The smallest absolute Gasteiger partial charge is 0.216 e. The first kappa shape index (κ1) is 15.9. The molecule has 0 fully saturated rings. The summed E-state index contributed by atoms with van der Waals surface area (Å²) in [5.74, 6) is 1.96. The van der Waals surface area contributed by atoms with Gasteiger partial charge in [0, 0.05) is 23.5 Å². The largest absolute Gasteiger partial charge is 0.497 e. The minimum Gasteiger partial charge on any atom is -0.497 e. The van der Waals surface area contributed by atoms with Gasteiger partial charge in [-0.1, -0.05) is 0 Å². The zero-order valence-electron chi connectivity index (χ0n) is 13.1. The summed E-state index contributed by atoms with van der Waals surface area (Å²) in [5.41, 5.74) is 1.57. The second-order valence-electron chi connectivity index (χ2n) is 4.76. The molecule has 8 heteroatoms. The van der Waals surface area contributed by atoms with E-state index in [0.29, 0.717) is 22.1 Å². The number of hydrogen-bond donors (Lipinski definition) is 1. The van der Waals surface area contributed by atoms with Gasteiger partial charge < -0.3 is 9.47 Å². The molecule has 0 aliphatic heterocycles. The molecule has 2 aromatic heterocycles. The van der Waals surface area contributed by atoms with Crippen LogP contribution in [0.15, 0.2) is 47.8 Å². The maximum atomic E-state index is 5.34. The van der Waals surface area contributed by atoms with E-state index < -0.39 is 0 Å². The summed E-state index contributed by atoms with van der Waals surface area (Å²) in [7, 11) is 3.21. The van der Waals surface area contributed by atoms with E-state index in [2.05, 4.69) is 20.3 Å². The van der Waals surface area contributed by atoms with Crippen molar-refractivity contribution >= 4 is 18.4 Å². The van der Waals surface area contributed by atoms with Gasteiger partial charge in [-0.3, -0.25) is 4.98 Å². The topological polar surface area (TPSA) is 77.3 Å². The number of pyridine rings is 1. The Labute approximate surface area is 143 Å². The molecule has 0 aliphatic carbocycles. The minimum atomic E-state index is 0.381. The fourth-order valence-corrected chi connectivity index (χ4v) is 2.32. The van der Waals surface area contributed by atoms with Crippen LogP contribution in [0.2, 0.25) is 0 Å². The third-order valence-corrected chi connectivity index (χ3v) is 3.58. The van der Waals surface area contributed by atoms with Gasteiger partial charge in [-0.25, -0.2) is 5.10 Å². The first-order valence-electron chi connectivity index (χ1n) is 7.07. The van der Waals surface area contributed by atoms with Crippen molar-refractivity contribution in [2.24, 2.45) is 5.10 Å². The molecule has 0 unspecified atom stereocenters. The summed E-state index contributed by atoms with van der Waals surface area (Å²) in [4.78, 5) is 4.09. The second kappa shape index (κ2) is 7.05. The molecular formula is C16H15N5O2S. The fourth-order valence-electron chi connectivity index (χ4n) is 2.14. The lowest BCUT2D eigenvalue weighted by Gasteiger charge is -2.07. The van der Waals surface area contributed by atoms with E-state index >= 15 is 0 Å². The number of rotatable bonds is 5. The standard InChI is InChI=1S/C16H15N5O2S/c1-22-13-5-6-14(23-2)12(8-13)10-18-21-15(19-20-16(21)24)11-4-3-7-17-9-11/h3-10H,1-2H3,(H,20,24)/b18-10+. The number of hydrogen-bond acceptors (Lipinski definition) is 6. The van der Waals surface area contributed by atoms with Gasteiger partial charge in [0.15, 0.2) is 5.82 Å². The van der Waals surface area contributed by atoms with E-state index in [9.17, 15) is 0 Å². The Morgan fingerprint density at radius 3 is 2.83 bits per heavy atom. The molecule has 0 radical (unpaired) electrons. The molecule has 0 atom stereocenters. The lowest BCUT2D eigenvalue weighted by molar-refractivity contribution is 0.402. The molecule has 3 aromatic rings. The highest BCUT2D eigenvalue weighted by atomic mass is 32.1. The van der Waals surface area contributed by atoms with Gasteiger partial charge >= 0.3 is 0 Å². The summed E-state index contributed by atoms with van der Waals surface area (Å²) in [6, 6.07) is 9.18. The van der Waals surface area contributed by atoms with Crippen LogP contribution in [-0.4, -0.2) is 40.3 Å². The summed E-state index contributed by atoms with van der Waals surface area (Å²) < 4.78 is 12.5. The molecule has 1 N–H and O–H groups in total. The van der Waals surface area contributed by atoms with Crippen molar-refractivity contribution < 1.29 is 9.47 Å². The number of ether oxygens (including phenoxy) is 2. The van der Waals surface area contributed by atoms with Crippen LogP contribution in [0, 0.1) is 4.77 Å². The van der Waals surface area contributed by atoms with Crippen LogP contribution in [0.5, 0.6) is 11.5 Å². The first-order valence-corrected chi connectivity index (χ1v) is 7.48. The van der Waals surface area contributed by atoms with Crippen LogP contribution in [0.3, 0.4) is 0 Å². The average Bonchev–Trinajstić information content (AvgIpc) is 3.01. The minimum absolute atomic E-state index is 0.381. The Bertz CT molecular complexity index is 918. The summed E-state index contributed by atoms with van der Waals surface area (Å²) >= 11 is 5.25. The zero-order valence-corrected chi connectivity index (χ0v) is 13.9. The lowest BCUT2D eigenvalue weighted by Crippen LogP contribution is -1.97. The number of methoxy groups -OCH3 is 2. The van der Waals surface area contributed by atoms with Crippen molar-refractivity contribution in [2.45, 2.75) is 0 Å². The van der Waals surface area contributed by atoms with Gasteiger partial charge in [-0.15, -0.1) is 0 Å². The molecule has 0 bridgehead atoms. The summed E-state index contributed by atoms with van der Waals surface area (Å²) in [6.45, 7) is 0. The van der Waals surface area contributed by atoms with E-state index in [-0.39, 0.29) is 0 Å². The highest BCUT2D eigenvalue weighted by Crippen LogP contribution is 2.23. The number of benzene rings is 1. The van der Waals surface area contributed by atoms with E-state index in [4.69, 9.17) is 21.7 Å². The Hall–Kier alpha value is -3.00. The van der Waals surface area contributed by atoms with Gasteiger partial charge in [-0.2, -0.15) is 14.9 Å². The zero-order chi connectivity index (χ0) is 16.9. The van der Waals surface area contributed by atoms with Crippen LogP contribution >= 0.6 is 12.2 Å². The second-order valence-corrected chi connectivity index (χ2v) is 5.15. The molecule has 2 heterocycles. The van der Waals surface area contributed by atoms with E-state index in [1.807, 2.05) is 30.3 Å². The Kier molecular flexibility index (Phi) is 4.66. The molecule has 0 spiro atoms. The van der Waals surface area contributed by atoms with E-state index in [0.717, 1.165) is 11.1 Å². The highest BCUT2D eigenvalue weighted by Gasteiger charge is 2.08. The third kappa shape index (κ3) is 3.18. The lowest BCUT2D eigenvalue weighted by atomic mass is 10.2. The number of aromatic amines is 1. The van der Waals surface area contributed by atoms with Crippen molar-refractivity contribution in [3.63, 3.8) is 0 Å². The summed E-state index contributed by atoms with van der Waals surface area (Å²) in [6.07, 6.45) is 5.04. The molecule has 3 rings (SSSR count). The molecular weight excluding hydrogens is 326 g/mol. The Morgan fingerprint density at radius 1 is 1.25 bits per heavy atom. The fraction of sp³-hybridized carbons (Fsp3) is 0.125. The van der Waals surface area contributed by atoms with Gasteiger partial charge in [0.2, 0.25) is 4.77 Å². The number of nitrogens with one attached hydrogen (secondary N) is 1. The third-order valence-electron chi connectivity index (χ3n) is 3.32. The maximum absolute atomic E-state index is 5.34. The van der Waals surface area contributed by atoms with Crippen LogP contribution in [0.1, 0.15) is 5.56 Å². The predicted octanol–water partition coefficient (Wildman–Crippen LogP) is 2.90. The number of H-pyrrole nitrogens is 1. The van der Waals surface area contributed by atoms with Gasteiger partial charge in [0.05, 0.1) is 20.4 Å². The van der Waals surface area contributed by atoms with Crippen LogP contribution in [0.25, 0.3) is 11.4 Å². The van der Waals surface area contributed by atoms with Gasteiger partial charge in [0.25, 0.3) is 0 Å². The molecule has 7 nitrogen and oxygen atoms in total. The van der Waals surface area contributed by atoms with E-state index in [1.165, 1.54) is 4.68 Å². The van der Waals surface area contributed by atoms with Crippen LogP contribution in [-0.2, 0) is 0 Å². The maximum Gasteiger partial charge on any atom is 0.216 e. The molecule has 0 saturated carbocycles. The molecule has 122 valence electrons. The van der Waals surface area contributed by atoms with E-state index in [1.54, 1.807) is 32.8 Å². The molecule has 0 amide bonds. The average molecular weight is 341 g/mol. The number of nitrogens with zero attached hydrogens (tertiary/aromatic N) is 4. The number of aromatic nitrogens is 4. The Morgan fingerprint density at radius 2 is 2.12 bits per heavy atom. The molecule has 0 saturated heterocycles. The monoisotopic (exact) mass is 341 g/mol. The molecule has 0 aliphatic rings. The van der Waals surface area contributed by atoms with Crippen molar-refractivity contribution in [2.75, 3.05) is 14.2 Å². The van der Waals surface area contributed by atoms with Crippen LogP contribution in [0.4, 0.5) is 0 Å². The van der Waals surface area contributed by atoms with Gasteiger partial charge in [-0.05, 0) is 42.5 Å². The normalized spacial score (nSPS) is 10.9. The SMILES string of the molecule is COc1ccc(OC)c(/C=N/n2c(-c3cccnc3)n[nH]c2=S)c1. The van der Waals surface area contributed by atoms with Gasteiger partial charge in [0.1, 0.15) is 11.5 Å². The summed E-state index contributed by atoms with van der Waals surface area (Å²) in [5, 5.41) is 11.4. The predicted molar refractivity (Wildman–Crippen MR) is 93.2 cm³/mol. The van der Waals surface area contributed by atoms with Crippen molar-refractivity contribution in [3.8, 4) is 22.9 Å². The van der Waals surface area contributed by atoms with Crippen molar-refractivity contribution in [3.05, 3.63) is 53.1 Å². The first-order chi connectivity index (χ1) is 11.7.